The van der Waals surface area contributed by atoms with Crippen LogP contribution in [0.15, 0.2) is 56.4 Å². The molecule has 0 aliphatic carbocycles. The monoisotopic (exact) mass is 1070 g/mol. The van der Waals surface area contributed by atoms with Gasteiger partial charge < -0.3 is 14.4 Å². The number of aliphatic imine (C=N–C) groups is 1. The van der Waals surface area contributed by atoms with Crippen LogP contribution in [0.1, 0.15) is 270 Å². The second kappa shape index (κ2) is 32.6. The number of benzene rings is 3. The number of fused-ring (bicyclic) bond motifs is 4. The molecule has 0 aromatic heterocycles. The lowest BCUT2D eigenvalue weighted by Crippen LogP contribution is -2.62. The number of rotatable bonds is 39. The van der Waals surface area contributed by atoms with Crippen LogP contribution in [0.2, 0.25) is 0 Å². The minimum Gasteiger partial charge on any atom is -0.461 e. The Kier molecular flexibility index (Phi) is 27.2. The predicted molar refractivity (Wildman–Crippen MR) is 305 cm³/mol. The Balaban J connectivity index is 1.07. The highest BCUT2D eigenvalue weighted by molar-refractivity contribution is 9.10. The van der Waals surface area contributed by atoms with Gasteiger partial charge in [-0.3, -0.25) is 9.79 Å². The fourth-order valence-corrected chi connectivity index (χ4v) is 11.9. The molecule has 386 valence electrons. The van der Waals surface area contributed by atoms with Crippen LogP contribution < -0.4 is 9.64 Å². The molecule has 1 atom stereocenters. The summed E-state index contributed by atoms with van der Waals surface area (Å²) in [6.07, 6.45) is 49.6. The molecule has 5 rings (SSSR count). The van der Waals surface area contributed by atoms with E-state index in [0.717, 1.165) is 62.5 Å². The molecule has 0 saturated carbocycles. The maximum Gasteiger partial charge on any atom is 0.306 e. The number of unbranched alkanes of at least 4 members (excludes halogenated alkanes) is 33. The van der Waals surface area contributed by atoms with E-state index in [2.05, 4.69) is 113 Å². The van der Waals surface area contributed by atoms with Gasteiger partial charge >= 0.3 is 5.97 Å². The first-order chi connectivity index (χ1) is 33.7. The molecule has 3 aromatic rings. The van der Waals surface area contributed by atoms with Gasteiger partial charge in [0, 0.05) is 38.5 Å². The standard InChI is InChI=1S/C62H96Br2N2O3/c1-5-7-9-11-13-15-17-19-21-23-24-25-26-28-30-32-34-36-38-40-58(67)68-49-52-46-51-47-53(63)41-43-55(51)59-60(52)69-62(50-65-59)61(3,4)56-48-54(64)42-44-57(56)66(62)45-39-37-35-33-31-29-27-22-20-18-16-14-12-10-8-6-2/h41-44,46-48,50H,5-40,45,49H2,1-4H3. The van der Waals surface area contributed by atoms with Gasteiger partial charge in [0.05, 0.1) is 11.6 Å². The Bertz CT molecular complexity index is 1940. The van der Waals surface area contributed by atoms with E-state index < -0.39 is 11.1 Å². The summed E-state index contributed by atoms with van der Waals surface area (Å²) >= 11 is 7.48. The summed E-state index contributed by atoms with van der Waals surface area (Å²) < 4.78 is 15.6. The molecule has 7 heteroatoms. The van der Waals surface area contributed by atoms with Crippen molar-refractivity contribution in [3.8, 4) is 5.75 Å². The molecule has 0 saturated heterocycles. The summed E-state index contributed by atoms with van der Waals surface area (Å²) in [5, 5.41) is 2.08. The molecule has 0 bridgehead atoms. The number of hydrogen-bond acceptors (Lipinski definition) is 5. The summed E-state index contributed by atoms with van der Waals surface area (Å²) in [5.74, 6) is 0.586. The Hall–Kier alpha value is -2.38. The highest BCUT2D eigenvalue weighted by Gasteiger charge is 2.60. The molecule has 2 heterocycles. The Morgan fingerprint density at radius 2 is 1.00 bits per heavy atom. The van der Waals surface area contributed by atoms with Gasteiger partial charge in [0.25, 0.3) is 0 Å². The molecule has 0 fully saturated rings. The lowest BCUT2D eigenvalue weighted by Gasteiger charge is -2.46. The third kappa shape index (κ3) is 18.6. The van der Waals surface area contributed by atoms with Crippen LogP contribution in [0.25, 0.3) is 10.8 Å². The van der Waals surface area contributed by atoms with Crippen LogP contribution in [0, 0.1) is 0 Å². The van der Waals surface area contributed by atoms with Gasteiger partial charge in [-0.25, -0.2) is 0 Å². The van der Waals surface area contributed by atoms with E-state index in [-0.39, 0.29) is 12.6 Å². The van der Waals surface area contributed by atoms with Gasteiger partial charge in [0.15, 0.2) is 5.75 Å². The molecule has 2 aliphatic heterocycles. The van der Waals surface area contributed by atoms with Crippen molar-refractivity contribution in [2.24, 2.45) is 4.99 Å². The van der Waals surface area contributed by atoms with E-state index in [4.69, 9.17) is 14.5 Å². The highest BCUT2D eigenvalue weighted by Crippen LogP contribution is 2.56. The van der Waals surface area contributed by atoms with Crippen molar-refractivity contribution in [1.82, 2.24) is 0 Å². The quantitative estimate of drug-likeness (QED) is 0.0422. The molecule has 5 nitrogen and oxygen atoms in total. The van der Waals surface area contributed by atoms with E-state index in [0.29, 0.717) is 6.42 Å². The number of carbonyl (C=O) groups is 1. The van der Waals surface area contributed by atoms with Gasteiger partial charge in [0.1, 0.15) is 12.3 Å². The first kappa shape index (κ1) is 57.5. The number of esters is 1. The summed E-state index contributed by atoms with van der Waals surface area (Å²) in [6.45, 7) is 10.2. The van der Waals surface area contributed by atoms with Crippen molar-refractivity contribution < 1.29 is 14.3 Å². The number of carbonyl (C=O) groups excluding carboxylic acids is 1. The Morgan fingerprint density at radius 1 is 0.565 bits per heavy atom. The molecule has 1 unspecified atom stereocenters. The number of ether oxygens (including phenoxy) is 2. The Morgan fingerprint density at radius 3 is 1.49 bits per heavy atom. The molecule has 0 amide bonds. The van der Waals surface area contributed by atoms with Crippen LogP contribution in [0.3, 0.4) is 0 Å². The number of nitrogens with zero attached hydrogens (tertiary/aromatic N) is 2. The maximum absolute atomic E-state index is 13.3. The number of halogens is 2. The second-order valence-electron chi connectivity index (χ2n) is 21.7. The average molecular weight is 1080 g/mol. The largest absolute Gasteiger partial charge is 0.461 e. The maximum atomic E-state index is 13.3. The molecule has 0 N–H and O–H groups in total. The van der Waals surface area contributed by atoms with Crippen molar-refractivity contribution in [3.05, 3.63) is 62.5 Å². The first-order valence-electron chi connectivity index (χ1n) is 28.9. The van der Waals surface area contributed by atoms with Gasteiger partial charge in [-0.2, -0.15) is 0 Å². The zero-order valence-corrected chi connectivity index (χ0v) is 47.5. The van der Waals surface area contributed by atoms with Crippen molar-refractivity contribution >= 4 is 66.2 Å². The zero-order valence-electron chi connectivity index (χ0n) is 44.4. The molecular formula is C62H96Br2N2O3. The topological polar surface area (TPSA) is 51.1 Å². The predicted octanol–water partition coefficient (Wildman–Crippen LogP) is 21.1. The van der Waals surface area contributed by atoms with Gasteiger partial charge in [-0.1, -0.05) is 264 Å². The molecule has 2 aliphatic rings. The molecule has 0 radical (unpaired) electrons. The highest BCUT2D eigenvalue weighted by atomic mass is 79.9. The van der Waals surface area contributed by atoms with Crippen molar-refractivity contribution in [1.29, 1.82) is 0 Å². The fraction of sp³-hybridized carbons (Fsp3) is 0.710. The minimum atomic E-state index is -0.840. The van der Waals surface area contributed by atoms with Crippen molar-refractivity contribution in [3.63, 3.8) is 0 Å². The summed E-state index contributed by atoms with van der Waals surface area (Å²) in [7, 11) is 0. The van der Waals surface area contributed by atoms with E-state index in [9.17, 15) is 4.79 Å². The third-order valence-corrected chi connectivity index (χ3v) is 16.5. The van der Waals surface area contributed by atoms with E-state index in [1.165, 1.54) is 217 Å². The van der Waals surface area contributed by atoms with Crippen molar-refractivity contribution in [2.45, 2.75) is 277 Å². The van der Waals surface area contributed by atoms with Gasteiger partial charge in [0.2, 0.25) is 5.72 Å². The van der Waals surface area contributed by atoms with Gasteiger partial charge in [-0.15, -0.1) is 0 Å². The molecule has 69 heavy (non-hydrogen) atoms. The van der Waals surface area contributed by atoms with Crippen molar-refractivity contribution in [2.75, 3.05) is 11.4 Å². The molecule has 1 spiro atoms. The Labute approximate surface area is 439 Å². The smallest absolute Gasteiger partial charge is 0.306 e. The van der Waals surface area contributed by atoms with E-state index in [1.807, 2.05) is 0 Å². The normalized spacial score (nSPS) is 15.8. The van der Waals surface area contributed by atoms with E-state index >= 15 is 0 Å². The van der Waals surface area contributed by atoms with Crippen LogP contribution in [0.5, 0.6) is 5.75 Å². The number of hydrogen-bond donors (Lipinski definition) is 0. The number of anilines is 1. The fourth-order valence-electron chi connectivity index (χ4n) is 11.1. The SMILES string of the molecule is CCCCCCCCCCCCCCCCCCCCCC(=O)OCc1cc2cc(Br)ccc2c2c1OC1(C=N2)N(CCCCCCCCCCCCCCCCCC)c2ccc(Br)cc2C1(C)C. The van der Waals surface area contributed by atoms with Gasteiger partial charge in [-0.05, 0) is 74.0 Å². The molecular weight excluding hydrogens is 981 g/mol. The van der Waals surface area contributed by atoms with Crippen LogP contribution in [-0.4, -0.2) is 24.5 Å². The average Bonchev–Trinajstić information content (AvgIpc) is 3.51. The van der Waals surface area contributed by atoms with Crippen LogP contribution in [0.4, 0.5) is 11.4 Å². The summed E-state index contributed by atoms with van der Waals surface area (Å²) in [4.78, 5) is 21.1. The summed E-state index contributed by atoms with van der Waals surface area (Å²) in [5.41, 5.74) is 2.87. The zero-order chi connectivity index (χ0) is 49.0. The second-order valence-corrected chi connectivity index (χ2v) is 23.5. The lowest BCUT2D eigenvalue weighted by atomic mass is 9.77. The minimum absolute atomic E-state index is 0.136. The van der Waals surface area contributed by atoms with Crippen LogP contribution >= 0.6 is 31.9 Å². The third-order valence-electron chi connectivity index (χ3n) is 15.6. The lowest BCUT2D eigenvalue weighted by molar-refractivity contribution is -0.145. The van der Waals surface area contributed by atoms with Crippen LogP contribution in [-0.2, 0) is 21.6 Å². The summed E-state index contributed by atoms with van der Waals surface area (Å²) in [6, 6.07) is 15.1. The van der Waals surface area contributed by atoms with E-state index in [1.54, 1.807) is 0 Å². The first-order valence-corrected chi connectivity index (χ1v) is 30.5. The molecule has 3 aromatic carbocycles.